The van der Waals surface area contributed by atoms with Crippen molar-refractivity contribution in [3.63, 3.8) is 0 Å². The van der Waals surface area contributed by atoms with E-state index in [1.54, 1.807) is 11.6 Å². The minimum Gasteiger partial charge on any atom is -0.314 e. The molecule has 2 aromatic heterocycles. The number of nitrogens with one attached hydrogen (secondary N) is 2. The molecular formula is C13H19N3O2S3. The molecule has 0 aliphatic rings. The standard InChI is InChI=1S/C13H19N3O2S3/c1-10(2)14-6-5-12-3-4-13(20-12)21(17,18)16-7-11-8-19-9-15-11/h3-4,8-10,14,16H,5-7H2,1-2H3. The Balaban J connectivity index is 1.92. The topological polar surface area (TPSA) is 71.1 Å². The van der Waals surface area contributed by atoms with Crippen molar-refractivity contribution in [2.45, 2.75) is 37.1 Å². The van der Waals surface area contributed by atoms with Gasteiger partial charge in [-0.1, -0.05) is 13.8 Å². The molecule has 8 heteroatoms. The summed E-state index contributed by atoms with van der Waals surface area (Å²) >= 11 is 2.77. The number of thiophene rings is 1. The van der Waals surface area contributed by atoms with Gasteiger partial charge >= 0.3 is 0 Å². The van der Waals surface area contributed by atoms with Gasteiger partial charge in [-0.05, 0) is 18.6 Å². The van der Waals surface area contributed by atoms with Crippen LogP contribution >= 0.6 is 22.7 Å². The zero-order valence-electron chi connectivity index (χ0n) is 12.0. The van der Waals surface area contributed by atoms with Crippen molar-refractivity contribution in [3.05, 3.63) is 33.6 Å². The van der Waals surface area contributed by atoms with Crippen molar-refractivity contribution >= 4 is 32.7 Å². The van der Waals surface area contributed by atoms with E-state index < -0.39 is 10.0 Å². The number of hydrogen-bond acceptors (Lipinski definition) is 6. The lowest BCUT2D eigenvalue weighted by atomic mass is 10.3. The van der Waals surface area contributed by atoms with Crippen molar-refractivity contribution in [2.24, 2.45) is 0 Å². The molecule has 5 nitrogen and oxygen atoms in total. The second kappa shape index (κ2) is 7.46. The fraction of sp³-hybridized carbons (Fsp3) is 0.462. The van der Waals surface area contributed by atoms with Crippen LogP contribution in [0.15, 0.2) is 27.2 Å². The van der Waals surface area contributed by atoms with Gasteiger partial charge in [0.1, 0.15) is 4.21 Å². The number of aromatic nitrogens is 1. The normalized spacial score (nSPS) is 12.1. The summed E-state index contributed by atoms with van der Waals surface area (Å²) in [5.74, 6) is 0. The zero-order chi connectivity index (χ0) is 15.3. The Hall–Kier alpha value is -0.800. The van der Waals surface area contributed by atoms with Gasteiger partial charge in [0, 0.05) is 22.8 Å². The van der Waals surface area contributed by atoms with Gasteiger partial charge in [-0.25, -0.2) is 18.1 Å². The Bertz CT molecular complexity index is 648. The third-order valence-corrected chi connectivity index (χ3v) is 6.43. The molecule has 2 N–H and O–H groups in total. The first kappa shape index (κ1) is 16.6. The van der Waals surface area contributed by atoms with Crippen molar-refractivity contribution < 1.29 is 8.42 Å². The lowest BCUT2D eigenvalue weighted by molar-refractivity contribution is 0.582. The molecule has 21 heavy (non-hydrogen) atoms. The molecule has 0 radical (unpaired) electrons. The van der Waals surface area contributed by atoms with E-state index in [-0.39, 0.29) is 6.54 Å². The van der Waals surface area contributed by atoms with E-state index in [1.165, 1.54) is 22.7 Å². The summed E-state index contributed by atoms with van der Waals surface area (Å²) in [5, 5.41) is 5.15. The third kappa shape index (κ3) is 5.15. The minimum atomic E-state index is -3.44. The van der Waals surface area contributed by atoms with Crippen molar-refractivity contribution in [3.8, 4) is 0 Å². The first-order valence-electron chi connectivity index (χ1n) is 6.66. The molecule has 0 fully saturated rings. The Morgan fingerprint density at radius 3 is 2.81 bits per heavy atom. The SMILES string of the molecule is CC(C)NCCc1ccc(S(=O)(=O)NCc2cscn2)s1. The van der Waals surface area contributed by atoms with Gasteiger partial charge in [-0.15, -0.1) is 22.7 Å². The van der Waals surface area contributed by atoms with E-state index in [9.17, 15) is 8.42 Å². The number of nitrogens with zero attached hydrogens (tertiary/aromatic N) is 1. The van der Waals surface area contributed by atoms with Gasteiger partial charge in [0.05, 0.1) is 17.7 Å². The number of thiazole rings is 1. The molecule has 0 aliphatic carbocycles. The molecule has 0 bridgehead atoms. The number of sulfonamides is 1. The maximum absolute atomic E-state index is 12.2. The lowest BCUT2D eigenvalue weighted by Gasteiger charge is -2.06. The second-order valence-corrected chi connectivity index (χ2v) is 8.76. The van der Waals surface area contributed by atoms with Crippen LogP contribution in [0.25, 0.3) is 0 Å². The smallest absolute Gasteiger partial charge is 0.250 e. The second-order valence-electron chi connectivity index (χ2n) is 4.88. The first-order chi connectivity index (χ1) is 9.97. The van der Waals surface area contributed by atoms with Crippen LogP contribution in [0.1, 0.15) is 24.4 Å². The largest absolute Gasteiger partial charge is 0.314 e. The fourth-order valence-electron chi connectivity index (χ4n) is 1.69. The van der Waals surface area contributed by atoms with Gasteiger partial charge in [-0.2, -0.15) is 0 Å². The molecule has 0 saturated carbocycles. The predicted octanol–water partition coefficient (Wildman–Crippen LogP) is 2.22. The van der Waals surface area contributed by atoms with Gasteiger partial charge in [-0.3, -0.25) is 0 Å². The molecular weight excluding hydrogens is 326 g/mol. The van der Waals surface area contributed by atoms with Gasteiger partial charge in [0.25, 0.3) is 0 Å². The molecule has 0 aromatic carbocycles. The van der Waals surface area contributed by atoms with Crippen LogP contribution in [0, 0.1) is 0 Å². The predicted molar refractivity (Wildman–Crippen MR) is 87.3 cm³/mol. The Morgan fingerprint density at radius 1 is 1.33 bits per heavy atom. The lowest BCUT2D eigenvalue weighted by Crippen LogP contribution is -2.24. The molecule has 2 heterocycles. The molecule has 0 saturated heterocycles. The zero-order valence-corrected chi connectivity index (χ0v) is 14.4. The Labute approximate surface area is 133 Å². The summed E-state index contributed by atoms with van der Waals surface area (Å²) in [7, 11) is -3.44. The average molecular weight is 346 g/mol. The molecule has 0 amide bonds. The van der Waals surface area contributed by atoms with E-state index in [2.05, 4.69) is 28.9 Å². The molecule has 0 unspecified atom stereocenters. The number of hydrogen-bond donors (Lipinski definition) is 2. The Kier molecular flexibility index (Phi) is 5.88. The average Bonchev–Trinajstić information content (AvgIpc) is 3.07. The monoisotopic (exact) mass is 345 g/mol. The fourth-order valence-corrected chi connectivity index (χ4v) is 4.64. The highest BCUT2D eigenvalue weighted by atomic mass is 32.2. The van der Waals surface area contributed by atoms with Crippen molar-refractivity contribution in [2.75, 3.05) is 6.54 Å². The maximum Gasteiger partial charge on any atom is 0.250 e. The highest BCUT2D eigenvalue weighted by molar-refractivity contribution is 7.91. The van der Waals surface area contributed by atoms with Crippen LogP contribution in [-0.2, 0) is 23.0 Å². The van der Waals surface area contributed by atoms with Crippen LogP contribution in [-0.4, -0.2) is 26.0 Å². The molecule has 0 atom stereocenters. The van der Waals surface area contributed by atoms with E-state index in [0.29, 0.717) is 10.3 Å². The summed E-state index contributed by atoms with van der Waals surface area (Å²) in [6.45, 7) is 5.26. The van der Waals surface area contributed by atoms with Crippen LogP contribution in [0.3, 0.4) is 0 Å². The summed E-state index contributed by atoms with van der Waals surface area (Å²) in [5.41, 5.74) is 2.43. The quantitative estimate of drug-likeness (QED) is 0.770. The summed E-state index contributed by atoms with van der Waals surface area (Å²) in [6, 6.07) is 3.98. The maximum atomic E-state index is 12.2. The van der Waals surface area contributed by atoms with E-state index in [0.717, 1.165) is 23.5 Å². The van der Waals surface area contributed by atoms with Crippen molar-refractivity contribution in [1.82, 2.24) is 15.0 Å². The molecule has 2 rings (SSSR count). The highest BCUT2D eigenvalue weighted by Gasteiger charge is 2.16. The summed E-state index contributed by atoms with van der Waals surface area (Å²) in [4.78, 5) is 5.13. The minimum absolute atomic E-state index is 0.230. The van der Waals surface area contributed by atoms with Crippen molar-refractivity contribution in [1.29, 1.82) is 0 Å². The van der Waals surface area contributed by atoms with Crippen LogP contribution in [0.4, 0.5) is 0 Å². The van der Waals surface area contributed by atoms with E-state index in [1.807, 2.05) is 11.4 Å². The molecule has 0 spiro atoms. The van der Waals surface area contributed by atoms with E-state index in [4.69, 9.17) is 0 Å². The van der Waals surface area contributed by atoms with Crippen LogP contribution in [0.2, 0.25) is 0 Å². The Morgan fingerprint density at radius 2 is 2.14 bits per heavy atom. The van der Waals surface area contributed by atoms with Crippen LogP contribution in [0.5, 0.6) is 0 Å². The summed E-state index contributed by atoms with van der Waals surface area (Å²) in [6.07, 6.45) is 0.838. The third-order valence-electron chi connectivity index (χ3n) is 2.75. The molecule has 2 aromatic rings. The highest BCUT2D eigenvalue weighted by Crippen LogP contribution is 2.22. The molecule has 0 aliphatic heterocycles. The first-order valence-corrected chi connectivity index (χ1v) is 9.90. The van der Waals surface area contributed by atoms with Gasteiger partial charge < -0.3 is 5.32 Å². The molecule has 116 valence electrons. The van der Waals surface area contributed by atoms with Gasteiger partial charge in [0.15, 0.2) is 0 Å². The van der Waals surface area contributed by atoms with Crippen LogP contribution < -0.4 is 10.0 Å². The van der Waals surface area contributed by atoms with Gasteiger partial charge in [0.2, 0.25) is 10.0 Å². The summed E-state index contributed by atoms with van der Waals surface area (Å²) < 4.78 is 27.3. The van der Waals surface area contributed by atoms with E-state index >= 15 is 0 Å². The number of rotatable bonds is 8.